The standard InChI is InChI=1S/C36H44FN5O5/c1-34(2,3)47-33(45)39-19-20-42(30(22-39)26-11-5-4-6-12-26)32(44)40-18-17-36(46,35(23-40)15-9-10-16-35)24-41-25-38-29(21-31(41)43)27-13-7-8-14-28(27)37/h4-8,11-14,21,25,30,46H,9-10,15-20,22-24H2,1-3H3/t30-,36+/m0/s1. The van der Waals surface area contributed by atoms with E-state index >= 15 is 0 Å². The molecule has 3 aromatic rings. The van der Waals surface area contributed by atoms with E-state index in [-0.39, 0.29) is 35.4 Å². The summed E-state index contributed by atoms with van der Waals surface area (Å²) < 4.78 is 21.4. The number of hydrogen-bond acceptors (Lipinski definition) is 6. The molecule has 2 atom stereocenters. The van der Waals surface area contributed by atoms with Crippen molar-refractivity contribution in [3.63, 3.8) is 0 Å². The molecule has 0 bridgehead atoms. The maximum Gasteiger partial charge on any atom is 0.410 e. The van der Waals surface area contributed by atoms with Crippen molar-refractivity contribution >= 4 is 12.1 Å². The van der Waals surface area contributed by atoms with Gasteiger partial charge in [0, 0.05) is 49.8 Å². The Kier molecular flexibility index (Phi) is 8.86. The van der Waals surface area contributed by atoms with Gasteiger partial charge in [0.25, 0.3) is 5.56 Å². The number of piperazine rings is 1. The summed E-state index contributed by atoms with van der Waals surface area (Å²) in [5.74, 6) is -0.460. The molecule has 47 heavy (non-hydrogen) atoms. The number of urea groups is 1. The summed E-state index contributed by atoms with van der Waals surface area (Å²) in [5, 5.41) is 12.3. The number of carbonyl (C=O) groups excluding carboxylic acids is 2. The van der Waals surface area contributed by atoms with Gasteiger partial charge in [-0.3, -0.25) is 9.36 Å². The number of hydrogen-bond donors (Lipinski definition) is 1. The van der Waals surface area contributed by atoms with Crippen LogP contribution in [-0.4, -0.2) is 85.4 Å². The van der Waals surface area contributed by atoms with Crippen LogP contribution in [-0.2, 0) is 11.3 Å². The molecule has 10 nitrogen and oxygen atoms in total. The maximum atomic E-state index is 14.4. The van der Waals surface area contributed by atoms with Gasteiger partial charge in [-0.05, 0) is 57.7 Å². The highest BCUT2D eigenvalue weighted by atomic mass is 19.1. The highest BCUT2D eigenvalue weighted by Gasteiger charge is 2.56. The number of nitrogens with zero attached hydrogens (tertiary/aromatic N) is 5. The van der Waals surface area contributed by atoms with E-state index in [1.54, 1.807) is 23.1 Å². The van der Waals surface area contributed by atoms with Gasteiger partial charge in [0.05, 0.1) is 30.2 Å². The zero-order valence-corrected chi connectivity index (χ0v) is 27.4. The molecule has 6 rings (SSSR count). The predicted molar refractivity (Wildman–Crippen MR) is 175 cm³/mol. The van der Waals surface area contributed by atoms with Gasteiger partial charge < -0.3 is 24.5 Å². The summed E-state index contributed by atoms with van der Waals surface area (Å²) in [5.41, 5.74) is -1.40. The molecule has 3 fully saturated rings. The van der Waals surface area contributed by atoms with Crippen LogP contribution in [0.25, 0.3) is 11.3 Å². The molecule has 2 aliphatic heterocycles. The fraction of sp³-hybridized carbons (Fsp3) is 0.500. The van der Waals surface area contributed by atoms with Crippen molar-refractivity contribution in [2.45, 2.75) is 76.7 Å². The zero-order valence-electron chi connectivity index (χ0n) is 27.4. The van der Waals surface area contributed by atoms with Gasteiger partial charge in [-0.25, -0.2) is 19.0 Å². The van der Waals surface area contributed by atoms with Gasteiger partial charge in [0.2, 0.25) is 0 Å². The number of aliphatic hydroxyl groups is 1. The normalized spacial score (nSPS) is 22.8. The second kappa shape index (κ2) is 12.7. The van der Waals surface area contributed by atoms with Crippen LogP contribution in [0.15, 0.2) is 71.8 Å². The first kappa shape index (κ1) is 32.7. The minimum atomic E-state index is -1.24. The molecule has 0 radical (unpaired) electrons. The molecule has 1 spiro atoms. The molecule has 2 aromatic carbocycles. The average Bonchev–Trinajstić information content (AvgIpc) is 3.53. The lowest BCUT2D eigenvalue weighted by Gasteiger charge is -2.53. The number of likely N-dealkylation sites (tertiary alicyclic amines) is 1. The fourth-order valence-electron chi connectivity index (χ4n) is 7.55. The van der Waals surface area contributed by atoms with Crippen LogP contribution in [0.2, 0.25) is 0 Å². The number of piperidine rings is 1. The Hall–Kier alpha value is -4.25. The van der Waals surface area contributed by atoms with Gasteiger partial charge in [-0.2, -0.15) is 0 Å². The van der Waals surface area contributed by atoms with Crippen LogP contribution >= 0.6 is 0 Å². The number of aromatic nitrogens is 2. The molecule has 11 heteroatoms. The minimum Gasteiger partial charge on any atom is -0.444 e. The van der Waals surface area contributed by atoms with E-state index in [0.717, 1.165) is 31.2 Å². The number of halogens is 1. The summed E-state index contributed by atoms with van der Waals surface area (Å²) in [4.78, 5) is 50.3. The van der Waals surface area contributed by atoms with E-state index in [2.05, 4.69) is 4.98 Å². The van der Waals surface area contributed by atoms with Crippen molar-refractivity contribution in [3.8, 4) is 11.3 Å². The minimum absolute atomic E-state index is 0.0413. The van der Waals surface area contributed by atoms with E-state index in [1.807, 2.05) is 60.9 Å². The topological polar surface area (TPSA) is 108 Å². The molecule has 1 N–H and O–H groups in total. The molecule has 0 unspecified atom stereocenters. The van der Waals surface area contributed by atoms with Crippen LogP contribution in [0.1, 0.15) is 64.5 Å². The Balaban J connectivity index is 1.22. The molecule has 3 heterocycles. The SMILES string of the molecule is CC(C)(C)OC(=O)N1CCN(C(=O)N2CC[C@@](O)(Cn3cnc(-c4ccccc4F)cc3=O)C3(CCCC3)C2)[C@H](c2ccccc2)C1. The summed E-state index contributed by atoms with van der Waals surface area (Å²) >= 11 is 0. The molecule has 1 saturated carbocycles. The smallest absolute Gasteiger partial charge is 0.410 e. The summed E-state index contributed by atoms with van der Waals surface area (Å²) in [6.07, 6.45) is 4.60. The zero-order chi connectivity index (χ0) is 33.4. The lowest BCUT2D eigenvalue weighted by Crippen LogP contribution is -2.64. The monoisotopic (exact) mass is 645 g/mol. The first-order valence-electron chi connectivity index (χ1n) is 16.5. The third kappa shape index (κ3) is 6.63. The van der Waals surface area contributed by atoms with Gasteiger partial charge >= 0.3 is 12.1 Å². The summed E-state index contributed by atoms with van der Waals surface area (Å²) in [6.45, 7) is 7.25. The molecular weight excluding hydrogens is 601 g/mol. The van der Waals surface area contributed by atoms with Crippen molar-refractivity contribution in [1.82, 2.24) is 24.3 Å². The first-order valence-corrected chi connectivity index (χ1v) is 16.5. The number of amides is 3. The summed E-state index contributed by atoms with van der Waals surface area (Å²) in [7, 11) is 0. The Morgan fingerprint density at radius 2 is 1.68 bits per heavy atom. The first-order chi connectivity index (χ1) is 22.4. The third-order valence-electron chi connectivity index (χ3n) is 10.0. The Morgan fingerprint density at radius 3 is 2.36 bits per heavy atom. The lowest BCUT2D eigenvalue weighted by atomic mass is 9.66. The number of benzene rings is 2. The van der Waals surface area contributed by atoms with Crippen molar-refractivity contribution < 1.29 is 23.8 Å². The molecule has 1 aromatic heterocycles. The van der Waals surface area contributed by atoms with E-state index in [9.17, 15) is 23.9 Å². The van der Waals surface area contributed by atoms with E-state index in [4.69, 9.17) is 4.74 Å². The second-order valence-corrected chi connectivity index (χ2v) is 14.2. The second-order valence-electron chi connectivity index (χ2n) is 14.2. The van der Waals surface area contributed by atoms with Crippen LogP contribution in [0.4, 0.5) is 14.0 Å². The predicted octanol–water partition coefficient (Wildman–Crippen LogP) is 5.46. The Bertz CT molecular complexity index is 1670. The largest absolute Gasteiger partial charge is 0.444 e. The number of rotatable bonds is 4. The highest BCUT2D eigenvalue weighted by molar-refractivity contribution is 5.76. The number of carbonyl (C=O) groups is 2. The molecule has 2 saturated heterocycles. The lowest BCUT2D eigenvalue weighted by molar-refractivity contribution is -0.137. The average molecular weight is 646 g/mol. The van der Waals surface area contributed by atoms with Gasteiger partial charge in [-0.15, -0.1) is 0 Å². The van der Waals surface area contributed by atoms with E-state index in [1.165, 1.54) is 23.0 Å². The van der Waals surface area contributed by atoms with Gasteiger partial charge in [-0.1, -0.05) is 55.3 Å². The fourth-order valence-corrected chi connectivity index (χ4v) is 7.55. The Labute approximate surface area is 274 Å². The summed E-state index contributed by atoms with van der Waals surface area (Å²) in [6, 6.07) is 16.7. The highest BCUT2D eigenvalue weighted by Crippen LogP contribution is 2.52. The maximum absolute atomic E-state index is 14.4. The molecular formula is C36H44FN5O5. The van der Waals surface area contributed by atoms with Crippen molar-refractivity contribution in [1.29, 1.82) is 0 Å². The van der Waals surface area contributed by atoms with Crippen LogP contribution in [0, 0.1) is 11.2 Å². The molecule has 250 valence electrons. The number of ether oxygens (including phenoxy) is 1. The van der Waals surface area contributed by atoms with Crippen LogP contribution in [0.5, 0.6) is 0 Å². The molecule has 3 aliphatic rings. The molecule has 3 amide bonds. The van der Waals surface area contributed by atoms with Gasteiger partial charge in [0.15, 0.2) is 0 Å². The van der Waals surface area contributed by atoms with Crippen molar-refractivity contribution in [2.75, 3.05) is 32.7 Å². The quantitative estimate of drug-likeness (QED) is 0.404. The van der Waals surface area contributed by atoms with E-state index < -0.39 is 28.5 Å². The van der Waals surface area contributed by atoms with Crippen LogP contribution < -0.4 is 5.56 Å². The van der Waals surface area contributed by atoms with Gasteiger partial charge in [0.1, 0.15) is 11.4 Å². The van der Waals surface area contributed by atoms with Crippen LogP contribution in [0.3, 0.4) is 0 Å². The molecule has 1 aliphatic carbocycles. The van der Waals surface area contributed by atoms with E-state index in [0.29, 0.717) is 39.1 Å². The van der Waals surface area contributed by atoms with Crippen molar-refractivity contribution in [2.24, 2.45) is 5.41 Å². The van der Waals surface area contributed by atoms with Crippen molar-refractivity contribution in [3.05, 3.63) is 88.7 Å². The Morgan fingerprint density at radius 1 is 0.979 bits per heavy atom. The third-order valence-corrected chi connectivity index (χ3v) is 10.0.